The Bertz CT molecular complexity index is 1160. The van der Waals surface area contributed by atoms with E-state index in [1.807, 2.05) is 48.5 Å². The number of rotatable bonds is 7. The summed E-state index contributed by atoms with van der Waals surface area (Å²) in [6.07, 6.45) is 3.66. The van der Waals surface area contributed by atoms with Crippen LogP contribution in [0.25, 0.3) is 10.9 Å². The molecule has 0 bridgehead atoms. The van der Waals surface area contributed by atoms with Gasteiger partial charge in [0.15, 0.2) is 0 Å². The molecule has 6 heteroatoms. The Morgan fingerprint density at radius 1 is 1.18 bits per heavy atom. The van der Waals surface area contributed by atoms with Crippen molar-refractivity contribution in [1.29, 1.82) is 0 Å². The van der Waals surface area contributed by atoms with E-state index in [9.17, 15) is 10.2 Å². The third-order valence-electron chi connectivity index (χ3n) is 6.74. The molecule has 0 unspecified atom stereocenters. The average Bonchev–Trinajstić information content (AvgIpc) is 2.88. The normalized spacial score (nSPS) is 19.4. The molecule has 0 saturated carbocycles. The number of hydrogen-bond donors (Lipinski definition) is 2. The molecule has 1 saturated heterocycles. The Morgan fingerprint density at radius 3 is 2.76 bits per heavy atom. The summed E-state index contributed by atoms with van der Waals surface area (Å²) in [5.41, 5.74) is 2.67. The molecule has 1 aliphatic heterocycles. The maximum atomic E-state index is 11.0. The number of nitrogens with zero attached hydrogens (tertiary/aromatic N) is 2. The van der Waals surface area contributed by atoms with Crippen LogP contribution in [0.15, 0.2) is 54.7 Å². The Hall–Kier alpha value is -2.62. The number of halogens is 1. The number of likely N-dealkylation sites (tertiary alicyclic amines) is 1. The average molecular weight is 479 g/mol. The van der Waals surface area contributed by atoms with Crippen molar-refractivity contribution in [2.45, 2.75) is 25.4 Å². The summed E-state index contributed by atoms with van der Waals surface area (Å²) in [6.45, 7) is 2.60. The first kappa shape index (κ1) is 24.5. The molecule has 2 N–H and O–H groups in total. The molecular weight excluding hydrogens is 448 g/mol. The molecule has 3 aromatic rings. The number of ether oxygens (including phenoxy) is 1. The fraction of sp³-hybridized carbons (Fsp3) is 0.393. The quantitative estimate of drug-likeness (QED) is 0.482. The van der Waals surface area contributed by atoms with Crippen LogP contribution in [0.4, 0.5) is 0 Å². The highest BCUT2D eigenvalue weighted by Crippen LogP contribution is 2.33. The van der Waals surface area contributed by atoms with Gasteiger partial charge in [0, 0.05) is 35.3 Å². The van der Waals surface area contributed by atoms with E-state index in [4.69, 9.17) is 16.3 Å². The van der Waals surface area contributed by atoms with E-state index in [0.29, 0.717) is 23.9 Å². The third-order valence-corrected chi connectivity index (χ3v) is 6.99. The Labute approximate surface area is 206 Å². The molecule has 4 rings (SSSR count). The van der Waals surface area contributed by atoms with Crippen LogP contribution in [0.2, 0.25) is 5.02 Å². The van der Waals surface area contributed by atoms with Crippen LogP contribution in [0.1, 0.15) is 36.5 Å². The predicted molar refractivity (Wildman–Crippen MR) is 136 cm³/mol. The van der Waals surface area contributed by atoms with Gasteiger partial charge in [-0.3, -0.25) is 9.88 Å². The maximum absolute atomic E-state index is 11.0. The molecule has 0 aliphatic carbocycles. The van der Waals surface area contributed by atoms with Gasteiger partial charge in [-0.25, -0.2) is 0 Å². The van der Waals surface area contributed by atoms with Gasteiger partial charge >= 0.3 is 0 Å². The molecule has 0 amide bonds. The smallest absolute Gasteiger partial charge is 0.119 e. The monoisotopic (exact) mass is 478 g/mol. The van der Waals surface area contributed by atoms with Crippen LogP contribution in [0, 0.1) is 23.7 Å². The largest absolute Gasteiger partial charge is 0.497 e. The van der Waals surface area contributed by atoms with E-state index in [1.54, 1.807) is 13.3 Å². The molecule has 1 aliphatic rings. The van der Waals surface area contributed by atoms with Gasteiger partial charge in [-0.1, -0.05) is 23.4 Å². The number of fused-ring (bicyclic) bond motifs is 1. The lowest BCUT2D eigenvalue weighted by Crippen LogP contribution is -2.42. The van der Waals surface area contributed by atoms with Crippen LogP contribution in [-0.4, -0.2) is 53.4 Å². The lowest BCUT2D eigenvalue weighted by Gasteiger charge is -2.37. The highest BCUT2D eigenvalue weighted by Gasteiger charge is 2.29. The van der Waals surface area contributed by atoms with Gasteiger partial charge in [-0.05, 0) is 91.7 Å². The zero-order valence-corrected chi connectivity index (χ0v) is 20.2. The van der Waals surface area contributed by atoms with Crippen molar-refractivity contribution in [3.63, 3.8) is 0 Å². The number of piperidine rings is 1. The summed E-state index contributed by atoms with van der Waals surface area (Å²) in [5, 5.41) is 22.7. The number of aliphatic hydroxyl groups is 2. The lowest BCUT2D eigenvalue weighted by atomic mass is 9.81. The first-order chi connectivity index (χ1) is 16.6. The Kier molecular flexibility index (Phi) is 8.42. The van der Waals surface area contributed by atoms with Crippen LogP contribution in [-0.2, 0) is 0 Å². The van der Waals surface area contributed by atoms with Crippen molar-refractivity contribution in [1.82, 2.24) is 9.88 Å². The molecule has 178 valence electrons. The minimum absolute atomic E-state index is 0.150. The second-order valence-corrected chi connectivity index (χ2v) is 9.35. The minimum Gasteiger partial charge on any atom is -0.497 e. The highest BCUT2D eigenvalue weighted by molar-refractivity contribution is 6.30. The van der Waals surface area contributed by atoms with Crippen LogP contribution < -0.4 is 4.74 Å². The first-order valence-electron chi connectivity index (χ1n) is 11.8. The summed E-state index contributed by atoms with van der Waals surface area (Å²) in [5.74, 6) is 7.74. The van der Waals surface area contributed by atoms with Crippen LogP contribution >= 0.6 is 11.6 Å². The summed E-state index contributed by atoms with van der Waals surface area (Å²) >= 11 is 5.93. The fourth-order valence-corrected chi connectivity index (χ4v) is 4.89. The summed E-state index contributed by atoms with van der Waals surface area (Å²) in [7, 11) is 1.64. The van der Waals surface area contributed by atoms with Gasteiger partial charge in [0.05, 0.1) is 25.3 Å². The van der Waals surface area contributed by atoms with Gasteiger partial charge in [0.1, 0.15) is 5.75 Å². The van der Waals surface area contributed by atoms with Gasteiger partial charge in [-0.15, -0.1) is 0 Å². The van der Waals surface area contributed by atoms with Crippen molar-refractivity contribution >= 4 is 22.5 Å². The molecule has 0 spiro atoms. The summed E-state index contributed by atoms with van der Waals surface area (Å²) in [4.78, 5) is 6.71. The number of methoxy groups -OCH3 is 1. The molecule has 34 heavy (non-hydrogen) atoms. The molecule has 3 atom stereocenters. The Morgan fingerprint density at radius 2 is 2.00 bits per heavy atom. The second-order valence-electron chi connectivity index (χ2n) is 8.91. The van der Waals surface area contributed by atoms with Crippen molar-refractivity contribution in [2.75, 3.05) is 33.4 Å². The molecular formula is C28H31ClN2O3. The lowest BCUT2D eigenvalue weighted by molar-refractivity contribution is 0.0640. The van der Waals surface area contributed by atoms with Gasteiger partial charge in [0.25, 0.3) is 0 Å². The number of aromatic nitrogens is 1. The topological polar surface area (TPSA) is 65.8 Å². The molecule has 1 fully saturated rings. The third kappa shape index (κ3) is 6.08. The predicted octanol–water partition coefficient (Wildman–Crippen LogP) is 4.69. The van der Waals surface area contributed by atoms with Gasteiger partial charge in [0.2, 0.25) is 0 Å². The van der Waals surface area contributed by atoms with E-state index in [2.05, 4.69) is 21.7 Å². The molecule has 1 aromatic heterocycles. The van der Waals surface area contributed by atoms with Crippen molar-refractivity contribution in [3.05, 3.63) is 70.9 Å². The molecule has 0 radical (unpaired) electrons. The number of hydrogen-bond acceptors (Lipinski definition) is 5. The fourth-order valence-electron chi connectivity index (χ4n) is 4.76. The van der Waals surface area contributed by atoms with E-state index >= 15 is 0 Å². The van der Waals surface area contributed by atoms with E-state index in [0.717, 1.165) is 53.7 Å². The second kappa shape index (κ2) is 11.7. The standard InChI is InChI=1S/C28H31ClN2O3/c1-34-24-9-10-27-26(17-24)25(12-14-30-27)28(33)11-6-21-13-16-31(18-22(21)19-32)15-2-3-20-4-7-23(29)8-5-20/h4-5,7-10,12,14,17,21-22,28,32-33H,6,11,13,15-16,18-19H2,1H3/t21-,22-,28+/m1/s1. The SMILES string of the molecule is COc1ccc2nccc([C@@H](O)CC[C@@H]3CCN(CC#Cc4ccc(Cl)cc4)C[C@@H]3CO)c2c1. The summed E-state index contributed by atoms with van der Waals surface area (Å²) in [6, 6.07) is 15.1. The zero-order valence-electron chi connectivity index (χ0n) is 19.5. The Balaban J connectivity index is 1.33. The van der Waals surface area contributed by atoms with E-state index in [-0.39, 0.29) is 12.5 Å². The highest BCUT2D eigenvalue weighted by atomic mass is 35.5. The van der Waals surface area contributed by atoms with Crippen molar-refractivity contribution in [2.24, 2.45) is 11.8 Å². The van der Waals surface area contributed by atoms with Gasteiger partial charge in [-0.2, -0.15) is 0 Å². The van der Waals surface area contributed by atoms with Gasteiger partial charge < -0.3 is 14.9 Å². The van der Waals surface area contributed by atoms with Crippen LogP contribution in [0.5, 0.6) is 5.75 Å². The van der Waals surface area contributed by atoms with E-state index in [1.165, 1.54) is 0 Å². The molecule has 2 aromatic carbocycles. The van der Waals surface area contributed by atoms with Crippen molar-refractivity contribution < 1.29 is 14.9 Å². The summed E-state index contributed by atoms with van der Waals surface area (Å²) < 4.78 is 5.35. The first-order valence-corrected chi connectivity index (χ1v) is 12.1. The molecule has 5 nitrogen and oxygen atoms in total. The van der Waals surface area contributed by atoms with Crippen LogP contribution in [0.3, 0.4) is 0 Å². The number of aliphatic hydroxyl groups excluding tert-OH is 2. The molecule has 2 heterocycles. The van der Waals surface area contributed by atoms with E-state index < -0.39 is 6.10 Å². The maximum Gasteiger partial charge on any atom is 0.119 e. The minimum atomic E-state index is -0.583. The number of pyridine rings is 1. The van der Waals surface area contributed by atoms with Crippen molar-refractivity contribution in [3.8, 4) is 17.6 Å². The zero-order chi connectivity index (χ0) is 23.9. The number of benzene rings is 2.